The summed E-state index contributed by atoms with van der Waals surface area (Å²) >= 11 is 0. The van der Waals surface area contributed by atoms with Gasteiger partial charge in [0.15, 0.2) is 0 Å². The molecule has 0 aromatic heterocycles. The highest BCUT2D eigenvalue weighted by atomic mass is 14.2. The van der Waals surface area contributed by atoms with Gasteiger partial charge in [-0.05, 0) is 117 Å². The van der Waals surface area contributed by atoms with E-state index in [2.05, 4.69) is 194 Å². The largest absolute Gasteiger partial charge is 0.0622 e. The standard InChI is InChI=1S/C50H32/c1-2-12-33(13-3-1)36-24-25-38-31-39(27-26-37(38)30-36)40-28-29-47-48(32-40)50(44-23-11-17-35-15-5-7-19-42(35)44)46-21-9-8-20-45(46)49(47)43-22-10-16-34-14-4-6-18-41(34)43/h1-32H. The van der Waals surface area contributed by atoms with E-state index >= 15 is 0 Å². The van der Waals surface area contributed by atoms with Crippen molar-refractivity contribution in [3.8, 4) is 44.5 Å². The Morgan fingerprint density at radius 1 is 0.200 bits per heavy atom. The van der Waals surface area contributed by atoms with E-state index in [-0.39, 0.29) is 0 Å². The number of hydrogen-bond acceptors (Lipinski definition) is 0. The van der Waals surface area contributed by atoms with Crippen LogP contribution in [-0.4, -0.2) is 0 Å². The summed E-state index contributed by atoms with van der Waals surface area (Å²) in [6, 6.07) is 71.4. The molecule has 0 fully saturated rings. The van der Waals surface area contributed by atoms with Crippen molar-refractivity contribution in [2.24, 2.45) is 0 Å². The van der Waals surface area contributed by atoms with E-state index in [4.69, 9.17) is 0 Å². The molecule has 0 heteroatoms. The first kappa shape index (κ1) is 28.5. The van der Waals surface area contributed by atoms with Crippen LogP contribution in [0.15, 0.2) is 194 Å². The smallest absolute Gasteiger partial charge is 0.00199 e. The lowest BCUT2D eigenvalue weighted by atomic mass is 9.83. The molecular weight excluding hydrogens is 601 g/mol. The molecule has 0 unspecified atom stereocenters. The van der Waals surface area contributed by atoms with Gasteiger partial charge in [-0.1, -0.05) is 176 Å². The monoisotopic (exact) mass is 632 g/mol. The van der Waals surface area contributed by atoms with Gasteiger partial charge in [-0.25, -0.2) is 0 Å². The van der Waals surface area contributed by atoms with Gasteiger partial charge in [-0.2, -0.15) is 0 Å². The van der Waals surface area contributed by atoms with Crippen LogP contribution in [0.3, 0.4) is 0 Å². The zero-order valence-corrected chi connectivity index (χ0v) is 27.5. The third-order valence-corrected chi connectivity index (χ3v) is 10.4. The highest BCUT2D eigenvalue weighted by molar-refractivity contribution is 6.25. The van der Waals surface area contributed by atoms with E-state index in [1.54, 1.807) is 0 Å². The first-order valence-electron chi connectivity index (χ1n) is 17.3. The number of hydrogen-bond donors (Lipinski definition) is 0. The Labute approximate surface area is 291 Å². The minimum absolute atomic E-state index is 1.21. The van der Waals surface area contributed by atoms with Gasteiger partial charge in [0.05, 0.1) is 0 Å². The predicted molar refractivity (Wildman–Crippen MR) is 216 cm³/mol. The number of fused-ring (bicyclic) bond motifs is 5. The number of benzene rings is 10. The molecule has 0 heterocycles. The average molecular weight is 633 g/mol. The molecule has 50 heavy (non-hydrogen) atoms. The Bertz CT molecular complexity index is 2900. The zero-order valence-electron chi connectivity index (χ0n) is 27.5. The second-order valence-corrected chi connectivity index (χ2v) is 13.3. The molecule has 0 amide bonds. The SMILES string of the molecule is c1ccc(-c2ccc3cc(-c4ccc5c(-c6cccc7ccccc67)c6ccccc6c(-c6cccc7ccccc67)c5c4)ccc3c2)cc1. The average Bonchev–Trinajstić information content (AvgIpc) is 3.19. The van der Waals surface area contributed by atoms with Gasteiger partial charge < -0.3 is 0 Å². The van der Waals surface area contributed by atoms with Gasteiger partial charge in [0.1, 0.15) is 0 Å². The fraction of sp³-hybridized carbons (Fsp3) is 0. The highest BCUT2D eigenvalue weighted by Gasteiger charge is 2.20. The van der Waals surface area contributed by atoms with Gasteiger partial charge in [0.25, 0.3) is 0 Å². The Kier molecular flexibility index (Phi) is 6.60. The zero-order chi connectivity index (χ0) is 33.0. The molecule has 0 aliphatic carbocycles. The van der Waals surface area contributed by atoms with Crippen molar-refractivity contribution < 1.29 is 0 Å². The quantitative estimate of drug-likeness (QED) is 0.169. The van der Waals surface area contributed by atoms with Gasteiger partial charge in [-0.15, -0.1) is 0 Å². The fourth-order valence-corrected chi connectivity index (χ4v) is 8.06. The maximum absolute atomic E-state index is 2.44. The summed E-state index contributed by atoms with van der Waals surface area (Å²) < 4.78 is 0. The van der Waals surface area contributed by atoms with Crippen molar-refractivity contribution in [3.63, 3.8) is 0 Å². The van der Waals surface area contributed by atoms with Crippen molar-refractivity contribution >= 4 is 53.9 Å². The topological polar surface area (TPSA) is 0 Å². The molecule has 0 saturated heterocycles. The summed E-state index contributed by atoms with van der Waals surface area (Å²) in [5.41, 5.74) is 10.0. The van der Waals surface area contributed by atoms with E-state index in [9.17, 15) is 0 Å². The third-order valence-electron chi connectivity index (χ3n) is 10.4. The Morgan fingerprint density at radius 2 is 0.620 bits per heavy atom. The molecule has 0 atom stereocenters. The third kappa shape index (κ3) is 4.61. The van der Waals surface area contributed by atoms with Gasteiger partial charge in [0.2, 0.25) is 0 Å². The summed E-state index contributed by atoms with van der Waals surface area (Å²) in [7, 11) is 0. The highest BCUT2D eigenvalue weighted by Crippen LogP contribution is 2.47. The van der Waals surface area contributed by atoms with Crippen molar-refractivity contribution in [1.82, 2.24) is 0 Å². The van der Waals surface area contributed by atoms with E-state index in [1.807, 2.05) is 0 Å². The first-order valence-corrected chi connectivity index (χ1v) is 17.3. The summed E-state index contributed by atoms with van der Waals surface area (Å²) in [6.45, 7) is 0. The number of rotatable bonds is 4. The van der Waals surface area contributed by atoms with Crippen LogP contribution in [0.25, 0.3) is 98.4 Å². The first-order chi connectivity index (χ1) is 24.8. The van der Waals surface area contributed by atoms with E-state index in [1.165, 1.54) is 98.4 Å². The molecule has 0 saturated carbocycles. The van der Waals surface area contributed by atoms with Crippen LogP contribution < -0.4 is 0 Å². The molecule has 0 N–H and O–H groups in total. The minimum Gasteiger partial charge on any atom is -0.0622 e. The van der Waals surface area contributed by atoms with Crippen molar-refractivity contribution in [1.29, 1.82) is 0 Å². The lowest BCUT2D eigenvalue weighted by Gasteiger charge is -2.20. The second kappa shape index (κ2) is 11.6. The summed E-state index contributed by atoms with van der Waals surface area (Å²) in [5.74, 6) is 0. The van der Waals surface area contributed by atoms with Crippen LogP contribution in [0, 0.1) is 0 Å². The molecule has 0 aliphatic heterocycles. The Balaban J connectivity index is 1.27. The Morgan fingerprint density at radius 3 is 1.22 bits per heavy atom. The minimum atomic E-state index is 1.21. The predicted octanol–water partition coefficient (Wildman–Crippen LogP) is 14.1. The van der Waals surface area contributed by atoms with Crippen LogP contribution in [0.2, 0.25) is 0 Å². The maximum atomic E-state index is 2.44. The molecule has 0 nitrogen and oxygen atoms in total. The lowest BCUT2D eigenvalue weighted by molar-refractivity contribution is 1.63. The Hall–Kier alpha value is -6.50. The van der Waals surface area contributed by atoms with Crippen molar-refractivity contribution in [2.45, 2.75) is 0 Å². The lowest BCUT2D eigenvalue weighted by Crippen LogP contribution is -1.93. The maximum Gasteiger partial charge on any atom is -0.00199 e. The molecule has 0 radical (unpaired) electrons. The van der Waals surface area contributed by atoms with Gasteiger partial charge in [0, 0.05) is 0 Å². The van der Waals surface area contributed by atoms with Crippen LogP contribution in [0.5, 0.6) is 0 Å². The normalized spacial score (nSPS) is 11.6. The van der Waals surface area contributed by atoms with Crippen molar-refractivity contribution in [3.05, 3.63) is 194 Å². The van der Waals surface area contributed by atoms with Gasteiger partial charge in [-0.3, -0.25) is 0 Å². The summed E-state index contributed by atoms with van der Waals surface area (Å²) in [4.78, 5) is 0. The molecule has 10 aromatic rings. The van der Waals surface area contributed by atoms with Crippen LogP contribution in [0.1, 0.15) is 0 Å². The summed E-state index contributed by atoms with van der Waals surface area (Å²) in [5, 5.41) is 12.6. The van der Waals surface area contributed by atoms with Crippen LogP contribution >= 0.6 is 0 Å². The van der Waals surface area contributed by atoms with Crippen LogP contribution in [-0.2, 0) is 0 Å². The molecule has 0 spiro atoms. The molecule has 232 valence electrons. The fourth-order valence-electron chi connectivity index (χ4n) is 8.06. The molecule has 10 aromatic carbocycles. The van der Waals surface area contributed by atoms with Crippen LogP contribution in [0.4, 0.5) is 0 Å². The molecule has 10 rings (SSSR count). The van der Waals surface area contributed by atoms with E-state index in [0.29, 0.717) is 0 Å². The summed E-state index contributed by atoms with van der Waals surface area (Å²) in [6.07, 6.45) is 0. The van der Waals surface area contributed by atoms with Gasteiger partial charge >= 0.3 is 0 Å². The van der Waals surface area contributed by atoms with Crippen molar-refractivity contribution in [2.75, 3.05) is 0 Å². The second-order valence-electron chi connectivity index (χ2n) is 13.3. The molecule has 0 bridgehead atoms. The molecule has 0 aliphatic rings. The van der Waals surface area contributed by atoms with E-state index in [0.717, 1.165) is 0 Å². The molecular formula is C50H32. The van der Waals surface area contributed by atoms with E-state index < -0.39 is 0 Å².